The first-order valence-corrected chi connectivity index (χ1v) is 11.2. The van der Waals surface area contributed by atoms with E-state index in [0.717, 1.165) is 16.5 Å². The molecule has 0 fully saturated rings. The van der Waals surface area contributed by atoms with Crippen LogP contribution in [-0.4, -0.2) is 46.1 Å². The summed E-state index contributed by atoms with van der Waals surface area (Å²) in [7, 11) is 1.39. The van der Waals surface area contributed by atoms with Crippen LogP contribution in [0.3, 0.4) is 0 Å². The third kappa shape index (κ3) is 4.74. The molecule has 1 aromatic heterocycles. The van der Waals surface area contributed by atoms with Gasteiger partial charge in [-0.05, 0) is 50.2 Å². The van der Waals surface area contributed by atoms with Crippen molar-refractivity contribution in [3.63, 3.8) is 0 Å². The number of rotatable bonds is 8. The fourth-order valence-corrected chi connectivity index (χ4v) is 3.92. The molecule has 0 aliphatic heterocycles. The molecule has 0 aliphatic carbocycles. The number of aromatic nitrogens is 2. The molecule has 0 aliphatic rings. The molecule has 4 rings (SSSR count). The van der Waals surface area contributed by atoms with Crippen molar-refractivity contribution in [1.82, 2.24) is 15.1 Å². The van der Waals surface area contributed by atoms with Gasteiger partial charge in [0, 0.05) is 46.7 Å². The minimum atomic E-state index is -0.484. The highest BCUT2D eigenvalue weighted by Crippen LogP contribution is 2.35. The summed E-state index contributed by atoms with van der Waals surface area (Å²) in [5.41, 5.74) is 2.32. The van der Waals surface area contributed by atoms with Crippen LogP contribution in [0, 0.1) is 10.1 Å². The second-order valence-corrected chi connectivity index (χ2v) is 7.77. The molecule has 0 atom stereocenters. The third-order valence-corrected chi connectivity index (χ3v) is 5.78. The summed E-state index contributed by atoms with van der Waals surface area (Å²) in [5, 5.41) is 25.1. The van der Waals surface area contributed by atoms with Crippen LogP contribution in [-0.2, 0) is 0 Å². The highest BCUT2D eigenvalue weighted by Gasteiger charge is 2.19. The molecule has 0 saturated carbocycles. The fourth-order valence-electron chi connectivity index (χ4n) is 3.92. The number of benzene rings is 3. The normalized spacial score (nSPS) is 10.7. The van der Waals surface area contributed by atoms with E-state index >= 15 is 0 Å². The molecule has 0 spiro atoms. The quantitative estimate of drug-likeness (QED) is 0.269. The first-order chi connectivity index (χ1) is 17.0. The van der Waals surface area contributed by atoms with E-state index in [1.54, 1.807) is 29.2 Å². The van der Waals surface area contributed by atoms with Crippen LogP contribution < -0.4 is 10.1 Å². The Morgan fingerprint density at radius 3 is 2.31 bits per heavy atom. The van der Waals surface area contributed by atoms with Crippen molar-refractivity contribution in [1.29, 1.82) is 0 Å². The monoisotopic (exact) mass is 471 g/mol. The van der Waals surface area contributed by atoms with E-state index in [9.17, 15) is 14.9 Å². The average Bonchev–Trinajstić information content (AvgIpc) is 2.89. The smallest absolute Gasteiger partial charge is 0.311 e. The van der Waals surface area contributed by atoms with Gasteiger partial charge in [-0.1, -0.05) is 24.3 Å². The van der Waals surface area contributed by atoms with E-state index in [1.165, 1.54) is 13.2 Å². The van der Waals surface area contributed by atoms with E-state index in [1.807, 2.05) is 50.2 Å². The Hall–Kier alpha value is -4.53. The molecule has 3 aromatic carbocycles. The molecule has 9 heteroatoms. The lowest BCUT2D eigenvalue weighted by Gasteiger charge is -2.18. The molecule has 1 amide bonds. The molecule has 0 unspecified atom stereocenters. The summed E-state index contributed by atoms with van der Waals surface area (Å²) < 4.78 is 5.11. The summed E-state index contributed by atoms with van der Waals surface area (Å²) in [6, 6.07) is 19.5. The number of nitrogens with one attached hydrogen (secondary N) is 1. The molecule has 0 saturated heterocycles. The van der Waals surface area contributed by atoms with Gasteiger partial charge in [0.15, 0.2) is 11.6 Å². The van der Waals surface area contributed by atoms with Gasteiger partial charge in [-0.3, -0.25) is 14.9 Å². The molecule has 35 heavy (non-hydrogen) atoms. The number of carbonyl (C=O) groups excluding carboxylic acids is 1. The Kier molecular flexibility index (Phi) is 6.86. The summed E-state index contributed by atoms with van der Waals surface area (Å²) in [5.74, 6) is 0.706. The van der Waals surface area contributed by atoms with Gasteiger partial charge < -0.3 is 15.0 Å². The number of fused-ring (bicyclic) bond motifs is 1. The van der Waals surface area contributed by atoms with E-state index in [0.29, 0.717) is 35.7 Å². The van der Waals surface area contributed by atoms with Crippen molar-refractivity contribution in [2.75, 3.05) is 25.5 Å². The molecule has 4 aromatic rings. The molecular weight excluding hydrogens is 446 g/mol. The topological polar surface area (TPSA) is 110 Å². The zero-order chi connectivity index (χ0) is 24.9. The first-order valence-electron chi connectivity index (χ1n) is 11.2. The number of ether oxygens (including phenoxy) is 1. The number of hydrogen-bond acceptors (Lipinski definition) is 7. The maximum atomic E-state index is 12.6. The number of carbonyl (C=O) groups is 1. The van der Waals surface area contributed by atoms with Crippen molar-refractivity contribution in [3.8, 4) is 17.0 Å². The van der Waals surface area contributed by atoms with E-state index in [2.05, 4.69) is 15.5 Å². The second kappa shape index (κ2) is 10.2. The predicted octanol–water partition coefficient (Wildman–Crippen LogP) is 5.44. The molecule has 0 bridgehead atoms. The number of hydrogen-bond donors (Lipinski definition) is 1. The summed E-state index contributed by atoms with van der Waals surface area (Å²) in [6.45, 7) is 5.21. The minimum absolute atomic E-state index is 0.00951. The zero-order valence-corrected chi connectivity index (χ0v) is 19.7. The van der Waals surface area contributed by atoms with Gasteiger partial charge in [-0.15, -0.1) is 10.2 Å². The summed E-state index contributed by atoms with van der Waals surface area (Å²) >= 11 is 0. The van der Waals surface area contributed by atoms with Gasteiger partial charge >= 0.3 is 5.69 Å². The lowest BCUT2D eigenvalue weighted by Crippen LogP contribution is -2.30. The maximum absolute atomic E-state index is 12.6. The largest absolute Gasteiger partial charge is 0.490 e. The highest BCUT2D eigenvalue weighted by molar-refractivity contribution is 6.01. The Labute approximate surface area is 202 Å². The fraction of sp³-hybridized carbons (Fsp3) is 0.192. The lowest BCUT2D eigenvalue weighted by molar-refractivity contribution is -0.385. The number of anilines is 2. The number of nitro benzene ring substituents is 1. The van der Waals surface area contributed by atoms with Gasteiger partial charge in [-0.2, -0.15) is 0 Å². The lowest BCUT2D eigenvalue weighted by atomic mass is 10.0. The standard InChI is InChI=1S/C26H25N5O4/c1-4-30(5-2)26(32)17-10-13-19(14-11-17)27-25-21-9-7-6-8-20(21)24(28-29-25)18-12-15-23(35-3)22(16-18)31(33)34/h6-16H,4-5H2,1-3H3,(H,27,29). The molecule has 0 radical (unpaired) electrons. The Bertz CT molecular complexity index is 1380. The number of nitrogens with zero attached hydrogens (tertiary/aromatic N) is 4. The second-order valence-electron chi connectivity index (χ2n) is 7.77. The van der Waals surface area contributed by atoms with Crippen molar-refractivity contribution in [3.05, 3.63) is 82.4 Å². The Morgan fingerprint density at radius 2 is 1.69 bits per heavy atom. The van der Waals surface area contributed by atoms with Gasteiger partial charge in [0.05, 0.1) is 12.0 Å². The van der Waals surface area contributed by atoms with E-state index < -0.39 is 4.92 Å². The Balaban J connectivity index is 1.68. The van der Waals surface area contributed by atoms with Gasteiger partial charge in [-0.25, -0.2) is 0 Å². The van der Waals surface area contributed by atoms with E-state index in [4.69, 9.17) is 4.74 Å². The van der Waals surface area contributed by atoms with Crippen molar-refractivity contribution >= 4 is 33.9 Å². The summed E-state index contributed by atoms with van der Waals surface area (Å²) in [4.78, 5) is 25.3. The SMILES string of the molecule is CCN(CC)C(=O)c1ccc(Nc2nnc(-c3ccc(OC)c([N+](=O)[O-])c3)c3ccccc23)cc1. The van der Waals surface area contributed by atoms with Crippen LogP contribution in [0.25, 0.3) is 22.0 Å². The van der Waals surface area contributed by atoms with Gasteiger partial charge in [0.25, 0.3) is 5.91 Å². The molecule has 9 nitrogen and oxygen atoms in total. The van der Waals surface area contributed by atoms with E-state index in [-0.39, 0.29) is 17.3 Å². The van der Waals surface area contributed by atoms with Crippen LogP contribution in [0.15, 0.2) is 66.7 Å². The molecule has 178 valence electrons. The number of nitro groups is 1. The number of amides is 1. The van der Waals surface area contributed by atoms with Crippen molar-refractivity contribution in [2.45, 2.75) is 13.8 Å². The van der Waals surface area contributed by atoms with Crippen molar-refractivity contribution < 1.29 is 14.5 Å². The molecule has 1 heterocycles. The molecule has 1 N–H and O–H groups in total. The maximum Gasteiger partial charge on any atom is 0.311 e. The van der Waals surface area contributed by atoms with Crippen LogP contribution in [0.2, 0.25) is 0 Å². The molecular formula is C26H25N5O4. The third-order valence-electron chi connectivity index (χ3n) is 5.78. The Morgan fingerprint density at radius 1 is 1.00 bits per heavy atom. The average molecular weight is 472 g/mol. The van der Waals surface area contributed by atoms with Gasteiger partial charge in [0.1, 0.15) is 5.69 Å². The van der Waals surface area contributed by atoms with Crippen LogP contribution in [0.5, 0.6) is 5.75 Å². The zero-order valence-electron chi connectivity index (χ0n) is 19.7. The highest BCUT2D eigenvalue weighted by atomic mass is 16.6. The minimum Gasteiger partial charge on any atom is -0.490 e. The first kappa shape index (κ1) is 23.6. The van der Waals surface area contributed by atoms with Gasteiger partial charge in [0.2, 0.25) is 0 Å². The predicted molar refractivity (Wildman–Crippen MR) is 135 cm³/mol. The van der Waals surface area contributed by atoms with Crippen LogP contribution in [0.4, 0.5) is 17.2 Å². The summed E-state index contributed by atoms with van der Waals surface area (Å²) in [6.07, 6.45) is 0. The number of methoxy groups -OCH3 is 1. The van der Waals surface area contributed by atoms with Crippen molar-refractivity contribution in [2.24, 2.45) is 0 Å². The van der Waals surface area contributed by atoms with Crippen LogP contribution in [0.1, 0.15) is 24.2 Å². The van der Waals surface area contributed by atoms with Crippen LogP contribution >= 0.6 is 0 Å².